The number of amides is 1. The van der Waals surface area contributed by atoms with Crippen molar-refractivity contribution in [1.82, 2.24) is 14.8 Å². The highest BCUT2D eigenvalue weighted by molar-refractivity contribution is 5.96. The van der Waals surface area contributed by atoms with Gasteiger partial charge in [0, 0.05) is 11.9 Å². The molecule has 2 aromatic heterocycles. The number of aromatic nitrogens is 3. The molecule has 7 nitrogen and oxygen atoms in total. The van der Waals surface area contributed by atoms with E-state index in [4.69, 9.17) is 4.74 Å². The largest absolute Gasteiger partial charge is 0.452 e. The van der Waals surface area contributed by atoms with Gasteiger partial charge in [0.15, 0.2) is 12.4 Å². The first-order valence-electron chi connectivity index (χ1n) is 9.41. The molecule has 0 saturated heterocycles. The highest BCUT2D eigenvalue weighted by Crippen LogP contribution is 2.23. The van der Waals surface area contributed by atoms with Crippen LogP contribution in [0.15, 0.2) is 48.8 Å². The Kier molecular flexibility index (Phi) is 6.07. The van der Waals surface area contributed by atoms with Crippen molar-refractivity contribution in [3.63, 3.8) is 0 Å². The maximum Gasteiger partial charge on any atom is 0.342 e. The number of hydrogen-bond acceptors (Lipinski definition) is 5. The Balaban J connectivity index is 1.72. The monoisotopic (exact) mass is 392 g/mol. The molecular formula is C22H24N4O3. The predicted octanol–water partition coefficient (Wildman–Crippen LogP) is 3.80. The van der Waals surface area contributed by atoms with E-state index in [0.717, 1.165) is 11.1 Å². The van der Waals surface area contributed by atoms with E-state index in [1.807, 2.05) is 64.1 Å². The second-order valence-corrected chi connectivity index (χ2v) is 7.07. The van der Waals surface area contributed by atoms with Crippen molar-refractivity contribution in [2.24, 2.45) is 0 Å². The molecule has 0 aliphatic carbocycles. The fourth-order valence-corrected chi connectivity index (χ4v) is 3.01. The topological polar surface area (TPSA) is 86.1 Å². The number of nitrogens with one attached hydrogen (secondary N) is 1. The van der Waals surface area contributed by atoms with E-state index in [2.05, 4.69) is 15.4 Å². The number of pyridine rings is 1. The van der Waals surface area contributed by atoms with Gasteiger partial charge in [0.25, 0.3) is 5.91 Å². The fraction of sp³-hybridized carbons (Fsp3) is 0.273. The van der Waals surface area contributed by atoms with E-state index in [0.29, 0.717) is 22.8 Å². The van der Waals surface area contributed by atoms with Crippen LogP contribution < -0.4 is 5.32 Å². The number of ether oxygens (including phenoxy) is 1. The van der Waals surface area contributed by atoms with Crippen LogP contribution in [0, 0.1) is 13.8 Å². The quantitative estimate of drug-likeness (QED) is 0.645. The Bertz CT molecular complexity index is 1030. The molecule has 0 saturated carbocycles. The van der Waals surface area contributed by atoms with Crippen LogP contribution in [0.25, 0.3) is 5.82 Å². The number of benzene rings is 1. The maximum absolute atomic E-state index is 12.6. The van der Waals surface area contributed by atoms with Gasteiger partial charge >= 0.3 is 5.97 Å². The van der Waals surface area contributed by atoms with Crippen molar-refractivity contribution < 1.29 is 14.3 Å². The predicted molar refractivity (Wildman–Crippen MR) is 110 cm³/mol. The van der Waals surface area contributed by atoms with Crippen LogP contribution in [0.3, 0.4) is 0 Å². The average Bonchev–Trinajstić information content (AvgIpc) is 3.16. The normalized spacial score (nSPS) is 10.8. The van der Waals surface area contributed by atoms with Crippen LogP contribution in [0.2, 0.25) is 0 Å². The van der Waals surface area contributed by atoms with Crippen molar-refractivity contribution in [1.29, 1.82) is 0 Å². The van der Waals surface area contributed by atoms with Crippen molar-refractivity contribution in [2.45, 2.75) is 33.6 Å². The molecule has 0 aliphatic rings. The lowest BCUT2D eigenvalue weighted by molar-refractivity contribution is -0.119. The molecule has 0 radical (unpaired) electrons. The zero-order valence-corrected chi connectivity index (χ0v) is 17.0. The van der Waals surface area contributed by atoms with Gasteiger partial charge in [0.1, 0.15) is 5.56 Å². The molecule has 0 unspecified atom stereocenters. The molecule has 0 aliphatic heterocycles. The Morgan fingerprint density at radius 2 is 1.93 bits per heavy atom. The number of anilines is 1. The first-order chi connectivity index (χ1) is 13.9. The molecule has 150 valence electrons. The number of hydrogen-bond donors (Lipinski definition) is 1. The number of carbonyl (C=O) groups is 2. The zero-order chi connectivity index (χ0) is 21.0. The highest BCUT2D eigenvalue weighted by atomic mass is 16.5. The summed E-state index contributed by atoms with van der Waals surface area (Å²) in [5.74, 6) is -0.365. The molecule has 0 fully saturated rings. The summed E-state index contributed by atoms with van der Waals surface area (Å²) in [6.45, 7) is 7.44. The van der Waals surface area contributed by atoms with Crippen molar-refractivity contribution in [3.05, 3.63) is 71.2 Å². The number of rotatable bonds is 6. The summed E-state index contributed by atoms with van der Waals surface area (Å²) in [7, 11) is 0. The molecule has 0 spiro atoms. The summed E-state index contributed by atoms with van der Waals surface area (Å²) in [6, 6.07) is 11.1. The Morgan fingerprint density at radius 3 is 2.62 bits per heavy atom. The van der Waals surface area contributed by atoms with Gasteiger partial charge in [-0.25, -0.2) is 14.5 Å². The van der Waals surface area contributed by atoms with Gasteiger partial charge in [0.05, 0.1) is 11.9 Å². The summed E-state index contributed by atoms with van der Waals surface area (Å²) in [5.41, 5.74) is 3.76. The highest BCUT2D eigenvalue weighted by Gasteiger charge is 2.23. The third kappa shape index (κ3) is 4.51. The lowest BCUT2D eigenvalue weighted by atomic mass is 10.1. The van der Waals surface area contributed by atoms with E-state index in [1.165, 1.54) is 6.20 Å². The molecule has 0 atom stereocenters. The standard InChI is InChI=1S/C22H24N4O3/c1-14(2)21-17(12-24-26(21)19-10-5-6-11-23-19)22(28)29-13-20(27)25-18-9-7-8-15(3)16(18)4/h5-12,14H,13H2,1-4H3,(H,25,27). The van der Waals surface area contributed by atoms with Gasteiger partial charge in [-0.3, -0.25) is 4.79 Å². The minimum Gasteiger partial charge on any atom is -0.452 e. The van der Waals surface area contributed by atoms with Gasteiger partial charge in [-0.05, 0) is 49.1 Å². The van der Waals surface area contributed by atoms with Gasteiger partial charge < -0.3 is 10.1 Å². The Labute approximate surface area is 169 Å². The molecule has 3 aromatic rings. The van der Waals surface area contributed by atoms with Crippen LogP contribution in [0.4, 0.5) is 5.69 Å². The van der Waals surface area contributed by atoms with E-state index in [9.17, 15) is 9.59 Å². The second-order valence-electron chi connectivity index (χ2n) is 7.07. The van der Waals surface area contributed by atoms with Gasteiger partial charge in [0.2, 0.25) is 0 Å². The molecule has 29 heavy (non-hydrogen) atoms. The summed E-state index contributed by atoms with van der Waals surface area (Å²) in [6.07, 6.45) is 3.12. The fourth-order valence-electron chi connectivity index (χ4n) is 3.01. The van der Waals surface area contributed by atoms with E-state index >= 15 is 0 Å². The summed E-state index contributed by atoms with van der Waals surface area (Å²) in [5, 5.41) is 7.08. The first-order valence-corrected chi connectivity index (χ1v) is 9.41. The van der Waals surface area contributed by atoms with Crippen LogP contribution in [-0.2, 0) is 9.53 Å². The summed E-state index contributed by atoms with van der Waals surface area (Å²) >= 11 is 0. The van der Waals surface area contributed by atoms with Crippen molar-refractivity contribution in [3.8, 4) is 5.82 Å². The van der Waals surface area contributed by atoms with Crippen molar-refractivity contribution in [2.75, 3.05) is 11.9 Å². The minimum atomic E-state index is -0.591. The minimum absolute atomic E-state index is 0.00539. The Hall–Kier alpha value is -3.48. The van der Waals surface area contributed by atoms with E-state index in [-0.39, 0.29) is 12.5 Å². The lowest BCUT2D eigenvalue weighted by Gasteiger charge is -2.12. The lowest BCUT2D eigenvalue weighted by Crippen LogP contribution is -2.22. The molecule has 1 aromatic carbocycles. The molecule has 0 bridgehead atoms. The summed E-state index contributed by atoms with van der Waals surface area (Å²) < 4.78 is 6.87. The molecule has 1 N–H and O–H groups in total. The van der Waals surface area contributed by atoms with Crippen LogP contribution >= 0.6 is 0 Å². The van der Waals surface area contributed by atoms with Crippen LogP contribution in [0.1, 0.15) is 46.9 Å². The first kappa shape index (κ1) is 20.3. The number of esters is 1. The second kappa shape index (κ2) is 8.68. The van der Waals surface area contributed by atoms with Gasteiger partial charge in [-0.1, -0.05) is 32.0 Å². The maximum atomic E-state index is 12.6. The third-order valence-electron chi connectivity index (χ3n) is 4.65. The zero-order valence-electron chi connectivity index (χ0n) is 17.0. The third-order valence-corrected chi connectivity index (χ3v) is 4.65. The van der Waals surface area contributed by atoms with E-state index in [1.54, 1.807) is 10.9 Å². The van der Waals surface area contributed by atoms with Crippen LogP contribution in [-0.4, -0.2) is 33.2 Å². The number of aryl methyl sites for hydroxylation is 1. The SMILES string of the molecule is Cc1cccc(NC(=O)COC(=O)c2cnn(-c3ccccn3)c2C(C)C)c1C. The van der Waals surface area contributed by atoms with Crippen LogP contribution in [0.5, 0.6) is 0 Å². The van der Waals surface area contributed by atoms with Gasteiger partial charge in [-0.2, -0.15) is 5.10 Å². The molecular weight excluding hydrogens is 368 g/mol. The number of nitrogens with zero attached hydrogens (tertiary/aromatic N) is 3. The van der Waals surface area contributed by atoms with E-state index < -0.39 is 11.9 Å². The summed E-state index contributed by atoms with van der Waals surface area (Å²) in [4.78, 5) is 29.1. The van der Waals surface area contributed by atoms with Crippen molar-refractivity contribution >= 4 is 17.6 Å². The smallest absolute Gasteiger partial charge is 0.342 e. The molecule has 7 heteroatoms. The molecule has 1 amide bonds. The number of carbonyl (C=O) groups excluding carboxylic acids is 2. The molecule has 3 rings (SSSR count). The molecule has 2 heterocycles. The van der Waals surface area contributed by atoms with Gasteiger partial charge in [-0.15, -0.1) is 0 Å². The Morgan fingerprint density at radius 1 is 1.14 bits per heavy atom. The average molecular weight is 392 g/mol.